The van der Waals surface area contributed by atoms with E-state index in [4.69, 9.17) is 16.3 Å². The van der Waals surface area contributed by atoms with Crippen LogP contribution in [0.4, 0.5) is 5.69 Å². The Labute approximate surface area is 344 Å². The molecule has 6 aliphatic rings. The fourth-order valence-corrected chi connectivity index (χ4v) is 12.6. The van der Waals surface area contributed by atoms with Crippen LogP contribution in [0.2, 0.25) is 5.02 Å². The molecule has 13 heteroatoms. The highest BCUT2D eigenvalue weighted by Gasteiger charge is 2.50. The van der Waals surface area contributed by atoms with Gasteiger partial charge in [0.25, 0.3) is 5.91 Å². The van der Waals surface area contributed by atoms with Crippen LogP contribution in [0.5, 0.6) is 5.75 Å². The summed E-state index contributed by atoms with van der Waals surface area (Å²) in [4.78, 5) is 35.3. The number of halogens is 1. The molecule has 2 aliphatic carbocycles. The first kappa shape index (κ1) is 41.0. The summed E-state index contributed by atoms with van der Waals surface area (Å²) in [5.74, 6) is 0.376. The molecule has 2 aromatic rings. The normalized spacial score (nSPS) is 33.8. The van der Waals surface area contributed by atoms with Crippen LogP contribution >= 0.6 is 11.6 Å². The van der Waals surface area contributed by atoms with Crippen LogP contribution in [0, 0.1) is 17.8 Å². The second-order valence-corrected chi connectivity index (χ2v) is 21.0. The summed E-state index contributed by atoms with van der Waals surface area (Å²) in [6, 6.07) is 11.9. The van der Waals surface area contributed by atoms with Crippen molar-refractivity contribution >= 4 is 39.0 Å². The Kier molecular flexibility index (Phi) is 11.8. The predicted molar refractivity (Wildman–Crippen MR) is 224 cm³/mol. The Morgan fingerprint density at radius 2 is 1.77 bits per heavy atom. The highest BCUT2D eigenvalue weighted by molar-refractivity contribution is 7.90. The van der Waals surface area contributed by atoms with E-state index in [0.717, 1.165) is 88.6 Å². The van der Waals surface area contributed by atoms with E-state index in [9.17, 15) is 23.1 Å². The van der Waals surface area contributed by atoms with Crippen molar-refractivity contribution in [3.8, 4) is 5.75 Å². The van der Waals surface area contributed by atoms with Crippen LogP contribution in [0.15, 0.2) is 36.4 Å². The van der Waals surface area contributed by atoms with Crippen molar-refractivity contribution in [1.82, 2.24) is 19.4 Å². The van der Waals surface area contributed by atoms with E-state index in [1.54, 1.807) is 19.9 Å². The molecule has 4 aliphatic heterocycles. The van der Waals surface area contributed by atoms with Crippen molar-refractivity contribution in [2.24, 2.45) is 17.8 Å². The lowest BCUT2D eigenvalue weighted by Gasteiger charge is -2.53. The number of benzene rings is 2. The van der Waals surface area contributed by atoms with Crippen molar-refractivity contribution < 1.29 is 27.9 Å². The molecule has 0 aromatic heterocycles. The maximum Gasteiger partial charge on any atom is 0.264 e. The minimum absolute atomic E-state index is 0.0748. The van der Waals surface area contributed by atoms with Crippen molar-refractivity contribution in [2.75, 3.05) is 77.0 Å². The van der Waals surface area contributed by atoms with Gasteiger partial charge in [-0.05, 0) is 118 Å². The molecule has 1 saturated carbocycles. The number of sulfonamides is 1. The van der Waals surface area contributed by atoms with Crippen molar-refractivity contribution in [3.63, 3.8) is 0 Å². The number of hydrogen-bond donors (Lipinski definition) is 2. The average Bonchev–Trinajstić information content (AvgIpc) is 3.31. The molecular formula is C44H62ClN5O6S. The largest absolute Gasteiger partial charge is 0.490 e. The lowest BCUT2D eigenvalue weighted by Crippen LogP contribution is -2.64. The Hall–Kier alpha value is -2.74. The number of ether oxygens (including phenoxy) is 1. The molecular weight excluding hydrogens is 762 g/mol. The summed E-state index contributed by atoms with van der Waals surface area (Å²) in [6.07, 6.45) is 7.37. The first-order valence-corrected chi connectivity index (χ1v) is 23.4. The highest BCUT2D eigenvalue weighted by Crippen LogP contribution is 2.49. The number of rotatable bonds is 5. The van der Waals surface area contributed by atoms with Gasteiger partial charge >= 0.3 is 0 Å². The minimum atomic E-state index is -3.97. The first-order chi connectivity index (χ1) is 27.2. The quantitative estimate of drug-likeness (QED) is 0.421. The summed E-state index contributed by atoms with van der Waals surface area (Å²) >= 11 is 6.51. The van der Waals surface area contributed by atoms with Crippen LogP contribution in [-0.2, 0) is 26.7 Å². The Morgan fingerprint density at radius 1 is 0.982 bits per heavy atom. The summed E-state index contributed by atoms with van der Waals surface area (Å²) in [6.45, 7) is 14.2. The molecule has 57 heavy (non-hydrogen) atoms. The molecule has 2 aromatic carbocycles. The van der Waals surface area contributed by atoms with E-state index >= 15 is 0 Å². The Bertz CT molecular complexity index is 1950. The smallest absolute Gasteiger partial charge is 0.264 e. The number of carbonyl (C=O) groups is 2. The van der Waals surface area contributed by atoms with Gasteiger partial charge in [0, 0.05) is 93.9 Å². The number of β-amino-alcohol motifs (C(OH)–C–C–N with tert-alkyl or cyclic N) is 1. The summed E-state index contributed by atoms with van der Waals surface area (Å²) in [7, 11) is -3.97. The molecule has 2 bridgehead atoms. The minimum Gasteiger partial charge on any atom is -0.490 e. The number of amides is 1. The van der Waals surface area contributed by atoms with Gasteiger partial charge in [-0.2, -0.15) is 0 Å². The number of ketones is 1. The maximum absolute atomic E-state index is 13.7. The van der Waals surface area contributed by atoms with Gasteiger partial charge < -0.3 is 19.6 Å². The van der Waals surface area contributed by atoms with Gasteiger partial charge in [-0.25, -0.2) is 13.1 Å². The van der Waals surface area contributed by atoms with Crippen LogP contribution in [0.3, 0.4) is 0 Å². The highest BCUT2D eigenvalue weighted by atomic mass is 35.5. The fraction of sp³-hybridized carbons (Fsp3) is 0.682. The zero-order valence-corrected chi connectivity index (χ0v) is 35.6. The van der Waals surface area contributed by atoms with Gasteiger partial charge in [0.1, 0.15) is 11.5 Å². The second kappa shape index (κ2) is 16.4. The van der Waals surface area contributed by atoms with Gasteiger partial charge in [-0.3, -0.25) is 19.4 Å². The third-order valence-corrected chi connectivity index (χ3v) is 16.9. The maximum atomic E-state index is 13.7. The van der Waals surface area contributed by atoms with Crippen LogP contribution in [0.1, 0.15) is 93.6 Å². The SMILES string of the molecule is CC(=O)CCN1CCN2CCN(C[C@@]3(O)CCC[C@H](C)[C@@H](C)S(=O)(=O)NC(=O)c4ccc5c(c4)N(C[C@@H]4CC[C@H]43)C[C@@]3(CCCc4cc(Cl)ccc43)CO5)C[C@@H]2C1. The van der Waals surface area contributed by atoms with E-state index in [1.165, 1.54) is 11.1 Å². The predicted octanol–water partition coefficient (Wildman–Crippen LogP) is 5.12. The zero-order valence-electron chi connectivity index (χ0n) is 34.1. The monoisotopic (exact) mass is 823 g/mol. The fourth-order valence-electron chi connectivity index (χ4n) is 11.1. The number of nitrogens with one attached hydrogen (secondary N) is 1. The number of aryl methyl sites for hydroxylation is 1. The molecule has 2 N–H and O–H groups in total. The molecule has 0 radical (unpaired) electrons. The number of piperazine rings is 2. The topological polar surface area (TPSA) is 123 Å². The van der Waals surface area contributed by atoms with E-state index in [1.807, 2.05) is 25.1 Å². The van der Waals surface area contributed by atoms with Crippen LogP contribution in [-0.4, -0.2) is 129 Å². The van der Waals surface area contributed by atoms with Gasteiger partial charge in [-0.1, -0.05) is 31.0 Å². The summed E-state index contributed by atoms with van der Waals surface area (Å²) in [5.41, 5.74) is 2.34. The van der Waals surface area contributed by atoms with E-state index in [0.29, 0.717) is 63.7 Å². The van der Waals surface area contributed by atoms with Gasteiger partial charge in [0.2, 0.25) is 10.0 Å². The number of nitrogens with zero attached hydrogens (tertiary/aromatic N) is 4. The van der Waals surface area contributed by atoms with E-state index in [2.05, 4.69) is 36.5 Å². The van der Waals surface area contributed by atoms with Crippen molar-refractivity contribution in [2.45, 2.75) is 101 Å². The number of aliphatic hydroxyl groups is 1. The van der Waals surface area contributed by atoms with Crippen LogP contribution < -0.4 is 14.4 Å². The Balaban J connectivity index is 1.11. The molecule has 1 amide bonds. The summed E-state index contributed by atoms with van der Waals surface area (Å²) in [5, 5.41) is 13.0. The molecule has 4 heterocycles. The number of Topliss-reactive ketones (excluding diaryl/α,β-unsaturated/α-hetero) is 1. The molecule has 7 atom stereocenters. The second-order valence-electron chi connectivity index (χ2n) is 18.6. The Morgan fingerprint density at radius 3 is 2.54 bits per heavy atom. The van der Waals surface area contributed by atoms with Gasteiger partial charge in [-0.15, -0.1) is 0 Å². The molecule has 3 fully saturated rings. The number of anilines is 1. The number of fused-ring (bicyclic) bond motifs is 5. The standard InChI is InChI=1S/C44H62ClN5O6S/c1-30-6-4-16-44(53,28-48-19-21-49-20-18-47(17-14-31(2)51)25-37(49)26-48)39-11-8-35(39)24-50-27-43(15-5-7-33-22-36(45)10-12-38(33)43)29-56-41-13-9-34(23-40(41)50)42(52)46-57(54,55)32(30)3/h9-10,12-13,22-23,30,32,35,37,39,53H,4-8,11,14-21,24-29H2,1-3H3,(H,46,52)/t30-,32+,35-,37-,39+,43-,44-/m0/s1. The third-order valence-electron chi connectivity index (χ3n) is 14.8. The first-order valence-electron chi connectivity index (χ1n) is 21.5. The summed E-state index contributed by atoms with van der Waals surface area (Å²) < 4.78 is 36.4. The van der Waals surface area contributed by atoms with E-state index in [-0.39, 0.29) is 34.5 Å². The number of carbonyl (C=O) groups excluding carboxylic acids is 2. The number of hydrogen-bond acceptors (Lipinski definition) is 10. The molecule has 11 nitrogen and oxygen atoms in total. The van der Waals surface area contributed by atoms with Crippen molar-refractivity contribution in [1.29, 1.82) is 0 Å². The molecule has 8 rings (SSSR count). The third kappa shape index (κ3) is 8.51. The average molecular weight is 825 g/mol. The van der Waals surface area contributed by atoms with Crippen molar-refractivity contribution in [3.05, 3.63) is 58.1 Å². The molecule has 312 valence electrons. The van der Waals surface area contributed by atoms with Gasteiger partial charge in [0.05, 0.1) is 23.1 Å². The molecule has 0 unspecified atom stereocenters. The lowest BCUT2D eigenvalue weighted by atomic mass is 9.62. The van der Waals surface area contributed by atoms with Crippen LogP contribution in [0.25, 0.3) is 0 Å². The zero-order chi connectivity index (χ0) is 40.1. The molecule has 2 saturated heterocycles. The lowest BCUT2D eigenvalue weighted by molar-refractivity contribution is -0.119. The van der Waals surface area contributed by atoms with Gasteiger partial charge in [0.15, 0.2) is 0 Å². The molecule has 1 spiro atoms. The van der Waals surface area contributed by atoms with E-state index < -0.39 is 26.8 Å².